The van der Waals surface area contributed by atoms with Gasteiger partial charge in [0, 0.05) is 15.9 Å². The van der Waals surface area contributed by atoms with Crippen LogP contribution in [0.15, 0.2) is 58.5 Å². The second-order valence-corrected chi connectivity index (χ2v) is 7.93. The molecule has 0 amide bonds. The Morgan fingerprint density at radius 2 is 1.93 bits per heavy atom. The molecular formula is C20H16ClN3O3S. The Bertz CT molecular complexity index is 1250. The maximum absolute atomic E-state index is 13.4. The minimum atomic E-state index is -0.530. The molecule has 0 aliphatic carbocycles. The second-order valence-electron chi connectivity index (χ2n) is 6.19. The van der Waals surface area contributed by atoms with Crippen molar-refractivity contribution in [3.05, 3.63) is 63.9 Å². The van der Waals surface area contributed by atoms with Crippen molar-refractivity contribution in [3.63, 3.8) is 0 Å². The van der Waals surface area contributed by atoms with Gasteiger partial charge in [0.25, 0.3) is 5.56 Å². The van der Waals surface area contributed by atoms with E-state index in [9.17, 15) is 9.59 Å². The first-order chi connectivity index (χ1) is 13.5. The largest absolute Gasteiger partial charge is 0.468 e. The van der Waals surface area contributed by atoms with Gasteiger partial charge in [0.1, 0.15) is 16.3 Å². The number of nitrogens with one attached hydrogen (secondary N) is 1. The van der Waals surface area contributed by atoms with Gasteiger partial charge in [-0.05, 0) is 37.3 Å². The molecule has 142 valence electrons. The highest BCUT2D eigenvalue weighted by Crippen LogP contribution is 2.29. The van der Waals surface area contributed by atoms with E-state index in [1.807, 2.05) is 24.3 Å². The van der Waals surface area contributed by atoms with Crippen molar-refractivity contribution in [3.8, 4) is 5.69 Å². The number of nitrogens with zero attached hydrogens (tertiary/aromatic N) is 2. The summed E-state index contributed by atoms with van der Waals surface area (Å²) in [4.78, 5) is 33.2. The zero-order valence-electron chi connectivity index (χ0n) is 15.1. The third-order valence-corrected chi connectivity index (χ3v) is 5.68. The number of carbonyl (C=O) groups excluding carboxylic acids is 1. The van der Waals surface area contributed by atoms with Gasteiger partial charge in [0.2, 0.25) is 0 Å². The van der Waals surface area contributed by atoms with E-state index < -0.39 is 5.25 Å². The minimum absolute atomic E-state index is 0.247. The summed E-state index contributed by atoms with van der Waals surface area (Å²) >= 11 is 7.17. The Kier molecular flexibility index (Phi) is 4.87. The van der Waals surface area contributed by atoms with Crippen LogP contribution in [0, 0.1) is 0 Å². The number of aromatic amines is 1. The molecule has 0 spiro atoms. The molecule has 0 fully saturated rings. The van der Waals surface area contributed by atoms with Crippen LogP contribution in [0.5, 0.6) is 0 Å². The number of hydrogen-bond acceptors (Lipinski definition) is 5. The molecule has 4 aromatic rings. The summed E-state index contributed by atoms with van der Waals surface area (Å²) in [5, 5.41) is 1.29. The van der Waals surface area contributed by atoms with E-state index in [2.05, 4.69) is 4.98 Å². The first-order valence-electron chi connectivity index (χ1n) is 8.53. The molecule has 0 aliphatic rings. The summed E-state index contributed by atoms with van der Waals surface area (Å²) in [7, 11) is 1.34. The predicted octanol–water partition coefficient (Wildman–Crippen LogP) is 4.17. The SMILES string of the molecule is COC(=O)[C@H](C)Sc1nc2c([nH]c3ccccc32)c(=O)n1-c1ccc(Cl)cc1. The summed E-state index contributed by atoms with van der Waals surface area (Å²) in [6.45, 7) is 1.72. The van der Waals surface area contributed by atoms with Crippen LogP contribution in [0.3, 0.4) is 0 Å². The first kappa shape index (κ1) is 18.6. The first-order valence-corrected chi connectivity index (χ1v) is 9.79. The Morgan fingerprint density at radius 3 is 2.64 bits per heavy atom. The number of H-pyrrole nitrogens is 1. The number of thioether (sulfide) groups is 1. The van der Waals surface area contributed by atoms with Crippen LogP contribution in [0.4, 0.5) is 0 Å². The second kappa shape index (κ2) is 7.33. The third kappa shape index (κ3) is 3.16. The molecule has 0 radical (unpaired) electrons. The molecule has 0 saturated carbocycles. The lowest BCUT2D eigenvalue weighted by atomic mass is 10.2. The number of carbonyl (C=O) groups is 1. The van der Waals surface area contributed by atoms with Gasteiger partial charge in [0.05, 0.1) is 12.8 Å². The smallest absolute Gasteiger partial charge is 0.318 e. The van der Waals surface area contributed by atoms with Crippen LogP contribution in [0.2, 0.25) is 5.02 Å². The summed E-state index contributed by atoms with van der Waals surface area (Å²) in [5.41, 5.74) is 2.18. The van der Waals surface area contributed by atoms with Gasteiger partial charge >= 0.3 is 5.97 Å². The molecule has 0 bridgehead atoms. The van der Waals surface area contributed by atoms with Crippen molar-refractivity contribution in [2.24, 2.45) is 0 Å². The van der Waals surface area contributed by atoms with Crippen molar-refractivity contribution < 1.29 is 9.53 Å². The fraction of sp³-hybridized carbons (Fsp3) is 0.150. The maximum atomic E-state index is 13.4. The van der Waals surface area contributed by atoms with E-state index in [1.54, 1.807) is 31.2 Å². The number of fused-ring (bicyclic) bond motifs is 3. The number of methoxy groups -OCH3 is 1. The molecule has 8 heteroatoms. The third-order valence-electron chi connectivity index (χ3n) is 4.39. The quantitative estimate of drug-likeness (QED) is 0.308. The summed E-state index contributed by atoms with van der Waals surface area (Å²) in [6, 6.07) is 14.5. The number of ether oxygens (including phenoxy) is 1. The van der Waals surface area contributed by atoms with Crippen molar-refractivity contribution in [2.45, 2.75) is 17.3 Å². The monoisotopic (exact) mass is 413 g/mol. The molecule has 28 heavy (non-hydrogen) atoms. The molecule has 2 heterocycles. The van der Waals surface area contributed by atoms with E-state index in [0.717, 1.165) is 10.9 Å². The molecule has 0 saturated heterocycles. The Hall–Kier alpha value is -2.77. The van der Waals surface area contributed by atoms with E-state index in [4.69, 9.17) is 21.3 Å². The molecule has 6 nitrogen and oxygen atoms in total. The fourth-order valence-electron chi connectivity index (χ4n) is 3.01. The zero-order valence-corrected chi connectivity index (χ0v) is 16.7. The highest BCUT2D eigenvalue weighted by Gasteiger charge is 2.22. The highest BCUT2D eigenvalue weighted by molar-refractivity contribution is 8.00. The van der Waals surface area contributed by atoms with Gasteiger partial charge in [-0.1, -0.05) is 41.6 Å². The molecule has 1 N–H and O–H groups in total. The molecule has 1 atom stereocenters. The number of benzene rings is 2. The van der Waals surface area contributed by atoms with E-state index in [-0.39, 0.29) is 11.5 Å². The summed E-state index contributed by atoms with van der Waals surface area (Å²) in [6.07, 6.45) is 0. The topological polar surface area (TPSA) is 77.0 Å². The van der Waals surface area contributed by atoms with Crippen LogP contribution in [0.1, 0.15) is 6.92 Å². The predicted molar refractivity (Wildman–Crippen MR) is 112 cm³/mol. The van der Waals surface area contributed by atoms with Gasteiger partial charge in [-0.2, -0.15) is 0 Å². The number of para-hydroxylation sites is 1. The zero-order chi connectivity index (χ0) is 19.8. The lowest BCUT2D eigenvalue weighted by Gasteiger charge is -2.14. The molecule has 0 aliphatic heterocycles. The Labute approximate surface area is 169 Å². The molecular weight excluding hydrogens is 398 g/mol. The number of rotatable bonds is 4. The van der Waals surface area contributed by atoms with Crippen molar-refractivity contribution in [1.82, 2.24) is 14.5 Å². The number of halogens is 1. The summed E-state index contributed by atoms with van der Waals surface area (Å²) < 4.78 is 6.30. The van der Waals surface area contributed by atoms with Crippen LogP contribution in [-0.4, -0.2) is 32.9 Å². The van der Waals surface area contributed by atoms with Gasteiger partial charge in [-0.3, -0.25) is 14.2 Å². The summed E-state index contributed by atoms with van der Waals surface area (Å²) in [5.74, 6) is -0.388. The van der Waals surface area contributed by atoms with Crippen LogP contribution in [-0.2, 0) is 9.53 Å². The maximum Gasteiger partial charge on any atom is 0.318 e. The van der Waals surface area contributed by atoms with Crippen molar-refractivity contribution in [1.29, 1.82) is 0 Å². The molecule has 2 aromatic carbocycles. The minimum Gasteiger partial charge on any atom is -0.468 e. The van der Waals surface area contributed by atoms with Crippen molar-refractivity contribution in [2.75, 3.05) is 7.11 Å². The standard InChI is InChI=1S/C20H16ClN3O3S/c1-11(19(26)27-2)28-20-23-16-14-5-3-4-6-15(14)22-17(16)18(25)24(20)13-9-7-12(21)8-10-13/h3-11,22H,1-2H3/t11-/m0/s1. The normalized spacial score (nSPS) is 12.4. The molecule has 4 rings (SSSR count). The number of hydrogen-bond donors (Lipinski definition) is 1. The highest BCUT2D eigenvalue weighted by atomic mass is 35.5. The van der Waals surface area contributed by atoms with E-state index >= 15 is 0 Å². The van der Waals surface area contributed by atoms with Gasteiger partial charge < -0.3 is 9.72 Å². The Balaban J connectivity index is 2.01. The van der Waals surface area contributed by atoms with Crippen LogP contribution >= 0.6 is 23.4 Å². The average Bonchev–Trinajstić information content (AvgIpc) is 3.08. The molecule has 0 unspecified atom stereocenters. The van der Waals surface area contributed by atoms with Gasteiger partial charge in [-0.25, -0.2) is 4.98 Å². The van der Waals surface area contributed by atoms with E-state index in [0.29, 0.717) is 26.9 Å². The van der Waals surface area contributed by atoms with E-state index in [1.165, 1.54) is 23.4 Å². The van der Waals surface area contributed by atoms with Crippen LogP contribution < -0.4 is 5.56 Å². The fourth-order valence-corrected chi connectivity index (χ4v) is 4.08. The number of esters is 1. The molecule has 2 aromatic heterocycles. The number of aromatic nitrogens is 3. The average molecular weight is 414 g/mol. The van der Waals surface area contributed by atoms with Crippen LogP contribution in [0.25, 0.3) is 27.6 Å². The lowest BCUT2D eigenvalue weighted by molar-refractivity contribution is -0.139. The Morgan fingerprint density at radius 1 is 1.21 bits per heavy atom. The van der Waals surface area contributed by atoms with Crippen molar-refractivity contribution >= 4 is 51.3 Å². The van der Waals surface area contributed by atoms with Gasteiger partial charge in [-0.15, -0.1) is 0 Å². The lowest BCUT2D eigenvalue weighted by Crippen LogP contribution is -2.24. The van der Waals surface area contributed by atoms with Gasteiger partial charge in [0.15, 0.2) is 5.16 Å².